The molecule has 142 valence electrons. The molecule has 3 heteroatoms. The first-order valence-electron chi connectivity index (χ1n) is 9.99. The Hall–Kier alpha value is -3.07. The third-order valence-electron chi connectivity index (χ3n) is 5.17. The zero-order valence-corrected chi connectivity index (χ0v) is 16.6. The van der Waals surface area contributed by atoms with Crippen molar-refractivity contribution in [1.29, 1.82) is 0 Å². The van der Waals surface area contributed by atoms with Crippen LogP contribution in [-0.2, 0) is 13.0 Å². The first-order valence-corrected chi connectivity index (χ1v) is 9.99. The molecule has 0 bridgehead atoms. The van der Waals surface area contributed by atoms with Gasteiger partial charge >= 0.3 is 0 Å². The van der Waals surface area contributed by atoms with Gasteiger partial charge in [-0.05, 0) is 55.2 Å². The fourth-order valence-electron chi connectivity index (χ4n) is 3.57. The summed E-state index contributed by atoms with van der Waals surface area (Å²) in [6, 6.07) is 25.2. The summed E-state index contributed by atoms with van der Waals surface area (Å²) < 4.78 is 8.27. The van der Waals surface area contributed by atoms with Crippen molar-refractivity contribution in [3.63, 3.8) is 0 Å². The van der Waals surface area contributed by atoms with E-state index in [2.05, 4.69) is 85.1 Å². The van der Waals surface area contributed by atoms with Gasteiger partial charge in [-0.25, -0.2) is 4.98 Å². The standard InChI is InChI=1S/C25H26N2O/c1-3-20-13-15-21(16-14-20)28-18-8-17-27-24-12-7-6-11-23(24)26-25(27)22-10-5-4-9-19(22)2/h4-7,9-16H,3,8,17-18H2,1-2H3. The lowest BCUT2D eigenvalue weighted by Crippen LogP contribution is -2.06. The molecule has 4 aromatic rings. The molecule has 0 saturated heterocycles. The number of hydrogen-bond acceptors (Lipinski definition) is 2. The van der Waals surface area contributed by atoms with Crippen molar-refractivity contribution < 1.29 is 4.74 Å². The van der Waals surface area contributed by atoms with E-state index in [0.717, 1.165) is 36.5 Å². The smallest absolute Gasteiger partial charge is 0.141 e. The molecule has 28 heavy (non-hydrogen) atoms. The van der Waals surface area contributed by atoms with Gasteiger partial charge in [-0.3, -0.25) is 0 Å². The zero-order valence-electron chi connectivity index (χ0n) is 16.6. The van der Waals surface area contributed by atoms with Crippen LogP contribution in [0.5, 0.6) is 5.75 Å². The molecule has 0 amide bonds. The molecule has 0 spiro atoms. The maximum absolute atomic E-state index is 5.95. The van der Waals surface area contributed by atoms with E-state index in [0.29, 0.717) is 6.61 Å². The first kappa shape index (κ1) is 18.3. The SMILES string of the molecule is CCc1ccc(OCCCn2c(-c3ccccc3C)nc3ccccc32)cc1. The highest BCUT2D eigenvalue weighted by atomic mass is 16.5. The van der Waals surface area contributed by atoms with Crippen molar-refractivity contribution in [2.45, 2.75) is 33.2 Å². The van der Waals surface area contributed by atoms with E-state index in [1.807, 2.05) is 6.07 Å². The second kappa shape index (κ2) is 8.30. The van der Waals surface area contributed by atoms with Crippen LogP contribution in [0.15, 0.2) is 72.8 Å². The number of fused-ring (bicyclic) bond motifs is 1. The fourth-order valence-corrected chi connectivity index (χ4v) is 3.57. The van der Waals surface area contributed by atoms with Crippen molar-refractivity contribution in [1.82, 2.24) is 9.55 Å². The largest absolute Gasteiger partial charge is 0.494 e. The summed E-state index contributed by atoms with van der Waals surface area (Å²) >= 11 is 0. The fraction of sp³-hybridized carbons (Fsp3) is 0.240. The van der Waals surface area contributed by atoms with E-state index in [4.69, 9.17) is 9.72 Å². The van der Waals surface area contributed by atoms with Gasteiger partial charge in [0.15, 0.2) is 0 Å². The Morgan fingerprint density at radius 2 is 1.64 bits per heavy atom. The minimum Gasteiger partial charge on any atom is -0.494 e. The maximum Gasteiger partial charge on any atom is 0.141 e. The molecule has 0 aliphatic heterocycles. The number of nitrogens with zero attached hydrogens (tertiary/aromatic N) is 2. The van der Waals surface area contributed by atoms with Crippen molar-refractivity contribution in [2.24, 2.45) is 0 Å². The molecule has 3 aromatic carbocycles. The third-order valence-corrected chi connectivity index (χ3v) is 5.17. The number of para-hydroxylation sites is 2. The number of rotatable bonds is 7. The summed E-state index contributed by atoms with van der Waals surface area (Å²) in [6.07, 6.45) is 1.98. The monoisotopic (exact) mass is 370 g/mol. The molecule has 0 unspecified atom stereocenters. The normalized spacial score (nSPS) is 11.1. The Kier molecular flexibility index (Phi) is 5.43. The summed E-state index contributed by atoms with van der Waals surface area (Å²) in [7, 11) is 0. The highest BCUT2D eigenvalue weighted by molar-refractivity contribution is 5.81. The van der Waals surface area contributed by atoms with Crippen LogP contribution in [-0.4, -0.2) is 16.2 Å². The van der Waals surface area contributed by atoms with Gasteiger partial charge in [-0.15, -0.1) is 0 Å². The molecule has 0 fully saturated rings. The summed E-state index contributed by atoms with van der Waals surface area (Å²) in [6.45, 7) is 5.86. The molecular weight excluding hydrogens is 344 g/mol. The van der Waals surface area contributed by atoms with Crippen LogP contribution in [0.3, 0.4) is 0 Å². The molecule has 4 rings (SSSR count). The van der Waals surface area contributed by atoms with Crippen molar-refractivity contribution in [3.8, 4) is 17.1 Å². The van der Waals surface area contributed by atoms with Gasteiger partial charge in [0.25, 0.3) is 0 Å². The van der Waals surface area contributed by atoms with Gasteiger partial charge in [-0.2, -0.15) is 0 Å². The van der Waals surface area contributed by atoms with E-state index < -0.39 is 0 Å². The lowest BCUT2D eigenvalue weighted by Gasteiger charge is -2.12. The van der Waals surface area contributed by atoms with Crippen LogP contribution >= 0.6 is 0 Å². The first-order chi connectivity index (χ1) is 13.8. The van der Waals surface area contributed by atoms with Gasteiger partial charge in [-0.1, -0.05) is 55.5 Å². The van der Waals surface area contributed by atoms with Crippen LogP contribution < -0.4 is 4.74 Å². The van der Waals surface area contributed by atoms with Crippen LogP contribution in [0.2, 0.25) is 0 Å². The highest BCUT2D eigenvalue weighted by Gasteiger charge is 2.13. The van der Waals surface area contributed by atoms with Crippen LogP contribution in [0.25, 0.3) is 22.4 Å². The Morgan fingerprint density at radius 3 is 2.43 bits per heavy atom. The minimum atomic E-state index is 0.686. The van der Waals surface area contributed by atoms with Gasteiger partial charge in [0.05, 0.1) is 17.6 Å². The Morgan fingerprint density at radius 1 is 0.893 bits per heavy atom. The lowest BCUT2D eigenvalue weighted by molar-refractivity contribution is 0.303. The van der Waals surface area contributed by atoms with Gasteiger partial charge in [0.1, 0.15) is 11.6 Å². The molecule has 1 heterocycles. The van der Waals surface area contributed by atoms with Crippen LogP contribution in [0, 0.1) is 6.92 Å². The molecule has 0 aliphatic rings. The number of aromatic nitrogens is 2. The number of hydrogen-bond donors (Lipinski definition) is 0. The minimum absolute atomic E-state index is 0.686. The predicted octanol–water partition coefficient (Wildman–Crippen LogP) is 6.04. The Labute approximate surface area is 166 Å². The van der Waals surface area contributed by atoms with E-state index in [-0.39, 0.29) is 0 Å². The topological polar surface area (TPSA) is 27.1 Å². The average Bonchev–Trinajstić information content (AvgIpc) is 3.10. The number of imidazole rings is 1. The summed E-state index contributed by atoms with van der Waals surface area (Å²) in [5, 5.41) is 0. The molecule has 0 atom stereocenters. The van der Waals surface area contributed by atoms with Crippen molar-refractivity contribution in [3.05, 3.63) is 83.9 Å². The predicted molar refractivity (Wildman–Crippen MR) is 116 cm³/mol. The molecule has 0 saturated carbocycles. The second-order valence-corrected chi connectivity index (χ2v) is 7.09. The molecule has 3 nitrogen and oxygen atoms in total. The number of aryl methyl sites for hydroxylation is 3. The van der Waals surface area contributed by atoms with Crippen molar-refractivity contribution >= 4 is 11.0 Å². The van der Waals surface area contributed by atoms with Gasteiger partial charge < -0.3 is 9.30 Å². The third kappa shape index (κ3) is 3.79. The maximum atomic E-state index is 5.95. The van der Waals surface area contributed by atoms with Crippen molar-refractivity contribution in [2.75, 3.05) is 6.61 Å². The summed E-state index contributed by atoms with van der Waals surface area (Å²) in [4.78, 5) is 4.92. The van der Waals surface area contributed by atoms with Gasteiger partial charge in [0, 0.05) is 12.1 Å². The summed E-state index contributed by atoms with van der Waals surface area (Å²) in [5.41, 5.74) is 5.98. The molecular formula is C25H26N2O. The van der Waals surface area contributed by atoms with Gasteiger partial charge in [0.2, 0.25) is 0 Å². The van der Waals surface area contributed by atoms with E-state index in [1.165, 1.54) is 22.2 Å². The van der Waals surface area contributed by atoms with E-state index in [9.17, 15) is 0 Å². The lowest BCUT2D eigenvalue weighted by atomic mass is 10.1. The zero-order chi connectivity index (χ0) is 19.3. The second-order valence-electron chi connectivity index (χ2n) is 7.09. The molecule has 0 radical (unpaired) electrons. The number of ether oxygens (including phenoxy) is 1. The van der Waals surface area contributed by atoms with E-state index in [1.54, 1.807) is 0 Å². The molecule has 0 N–H and O–H groups in total. The Bertz CT molecular complexity index is 1060. The molecule has 1 aromatic heterocycles. The van der Waals surface area contributed by atoms with Crippen LogP contribution in [0.1, 0.15) is 24.5 Å². The Balaban J connectivity index is 1.52. The average molecular weight is 370 g/mol. The van der Waals surface area contributed by atoms with E-state index >= 15 is 0 Å². The summed E-state index contributed by atoms with van der Waals surface area (Å²) in [5.74, 6) is 1.97. The molecule has 0 aliphatic carbocycles. The quantitative estimate of drug-likeness (QED) is 0.371. The highest BCUT2D eigenvalue weighted by Crippen LogP contribution is 2.27. The number of benzene rings is 3. The van der Waals surface area contributed by atoms with Crippen LogP contribution in [0.4, 0.5) is 0 Å².